The van der Waals surface area contributed by atoms with Crippen LogP contribution in [0.4, 0.5) is 22.0 Å². The van der Waals surface area contributed by atoms with Gasteiger partial charge in [-0.25, -0.2) is 0 Å². The van der Waals surface area contributed by atoms with Gasteiger partial charge in [0, 0.05) is 11.6 Å². The Labute approximate surface area is 95.6 Å². The van der Waals surface area contributed by atoms with Gasteiger partial charge in [-0.2, -0.15) is 22.0 Å². The third-order valence-corrected chi connectivity index (χ3v) is 2.56. The van der Waals surface area contributed by atoms with E-state index in [4.69, 9.17) is 0 Å². The SMILES string of the molecule is CNC(C)c1ccc(C(F)(F)C(F)(F)F)cc1. The molecule has 1 atom stereocenters. The smallest absolute Gasteiger partial charge is 0.313 e. The Bertz CT molecular complexity index is 368. The third-order valence-electron chi connectivity index (χ3n) is 2.56. The van der Waals surface area contributed by atoms with Crippen molar-refractivity contribution in [3.8, 4) is 0 Å². The summed E-state index contributed by atoms with van der Waals surface area (Å²) in [5.41, 5.74) is -0.397. The summed E-state index contributed by atoms with van der Waals surface area (Å²) in [4.78, 5) is 0. The molecule has 1 rings (SSSR count). The van der Waals surface area contributed by atoms with E-state index in [1.807, 2.05) is 0 Å². The fraction of sp³-hybridized carbons (Fsp3) is 0.455. The third kappa shape index (κ3) is 2.74. The molecule has 1 unspecified atom stereocenters. The highest BCUT2D eigenvalue weighted by Crippen LogP contribution is 2.43. The topological polar surface area (TPSA) is 12.0 Å². The van der Waals surface area contributed by atoms with Crippen LogP contribution in [0, 0.1) is 0 Å². The standard InChI is InChI=1S/C11H12F5N/c1-7(17-2)8-3-5-9(6-4-8)10(12,13)11(14,15)16/h3-7,17H,1-2H3. The maximum absolute atomic E-state index is 12.9. The Balaban J connectivity index is 3.03. The fourth-order valence-electron chi connectivity index (χ4n) is 1.31. The van der Waals surface area contributed by atoms with Crippen LogP contribution in [-0.4, -0.2) is 13.2 Å². The largest absolute Gasteiger partial charge is 0.458 e. The van der Waals surface area contributed by atoms with Crippen molar-refractivity contribution in [2.45, 2.75) is 25.1 Å². The molecule has 0 spiro atoms. The van der Waals surface area contributed by atoms with E-state index in [1.165, 1.54) is 12.1 Å². The number of alkyl halides is 5. The summed E-state index contributed by atoms with van der Waals surface area (Å²) in [5, 5.41) is 2.86. The van der Waals surface area contributed by atoms with Gasteiger partial charge in [-0.15, -0.1) is 0 Å². The van der Waals surface area contributed by atoms with Crippen LogP contribution in [0.1, 0.15) is 24.1 Å². The molecule has 96 valence electrons. The van der Waals surface area contributed by atoms with E-state index in [9.17, 15) is 22.0 Å². The van der Waals surface area contributed by atoms with Crippen molar-refractivity contribution in [2.24, 2.45) is 0 Å². The van der Waals surface area contributed by atoms with Crippen molar-refractivity contribution >= 4 is 0 Å². The van der Waals surface area contributed by atoms with Gasteiger partial charge in [-0.1, -0.05) is 24.3 Å². The lowest BCUT2D eigenvalue weighted by molar-refractivity contribution is -0.289. The molecule has 0 aromatic heterocycles. The highest BCUT2D eigenvalue weighted by atomic mass is 19.4. The zero-order chi connectivity index (χ0) is 13.3. The van der Waals surface area contributed by atoms with Crippen molar-refractivity contribution in [3.05, 3.63) is 35.4 Å². The van der Waals surface area contributed by atoms with Crippen LogP contribution in [0.2, 0.25) is 0 Å². The van der Waals surface area contributed by atoms with Crippen LogP contribution in [0.5, 0.6) is 0 Å². The Kier molecular flexibility index (Phi) is 3.76. The van der Waals surface area contributed by atoms with Crippen molar-refractivity contribution in [2.75, 3.05) is 7.05 Å². The van der Waals surface area contributed by atoms with Crippen molar-refractivity contribution in [1.29, 1.82) is 0 Å². The van der Waals surface area contributed by atoms with Crippen LogP contribution < -0.4 is 5.32 Å². The molecule has 17 heavy (non-hydrogen) atoms. The lowest BCUT2D eigenvalue weighted by Gasteiger charge is -2.20. The number of halogens is 5. The lowest BCUT2D eigenvalue weighted by Crippen LogP contribution is -2.33. The summed E-state index contributed by atoms with van der Waals surface area (Å²) in [7, 11) is 1.67. The Morgan fingerprint density at radius 3 is 1.82 bits per heavy atom. The normalized spacial score (nSPS) is 14.8. The molecule has 1 aromatic carbocycles. The van der Waals surface area contributed by atoms with Gasteiger partial charge in [0.15, 0.2) is 0 Å². The second kappa shape index (κ2) is 4.60. The van der Waals surface area contributed by atoms with Crippen LogP contribution in [-0.2, 0) is 5.92 Å². The molecule has 1 N–H and O–H groups in total. The molecule has 0 aliphatic heterocycles. The molecule has 0 amide bonds. The second-order valence-electron chi connectivity index (χ2n) is 3.70. The molecular weight excluding hydrogens is 241 g/mol. The van der Waals surface area contributed by atoms with E-state index in [1.54, 1.807) is 14.0 Å². The zero-order valence-electron chi connectivity index (χ0n) is 9.28. The predicted molar refractivity (Wildman–Crippen MR) is 53.9 cm³/mol. The minimum Gasteiger partial charge on any atom is -0.313 e. The van der Waals surface area contributed by atoms with Gasteiger partial charge in [-0.3, -0.25) is 0 Å². The first-order chi connectivity index (χ1) is 7.70. The molecule has 0 aliphatic carbocycles. The molecule has 0 saturated heterocycles. The minimum atomic E-state index is -5.57. The lowest BCUT2D eigenvalue weighted by atomic mass is 10.0. The van der Waals surface area contributed by atoms with Crippen molar-refractivity contribution < 1.29 is 22.0 Å². The molecular formula is C11H12F5N. The molecule has 0 bridgehead atoms. The maximum atomic E-state index is 12.9. The van der Waals surface area contributed by atoms with Gasteiger partial charge >= 0.3 is 12.1 Å². The quantitative estimate of drug-likeness (QED) is 0.811. The molecule has 1 nitrogen and oxygen atoms in total. The van der Waals surface area contributed by atoms with E-state index in [0.29, 0.717) is 5.56 Å². The molecule has 6 heteroatoms. The summed E-state index contributed by atoms with van der Waals surface area (Å²) in [6.45, 7) is 1.77. The molecule has 0 radical (unpaired) electrons. The average molecular weight is 253 g/mol. The number of rotatable bonds is 3. The van der Waals surface area contributed by atoms with E-state index < -0.39 is 17.7 Å². The van der Waals surface area contributed by atoms with Crippen LogP contribution in [0.25, 0.3) is 0 Å². The van der Waals surface area contributed by atoms with Gasteiger partial charge < -0.3 is 5.32 Å². The van der Waals surface area contributed by atoms with Crippen LogP contribution in [0.15, 0.2) is 24.3 Å². The van der Waals surface area contributed by atoms with Gasteiger partial charge in [0.1, 0.15) is 0 Å². The van der Waals surface area contributed by atoms with Crippen molar-refractivity contribution in [1.82, 2.24) is 5.32 Å². The summed E-state index contributed by atoms with van der Waals surface area (Å²) < 4.78 is 62.1. The Morgan fingerprint density at radius 1 is 1.00 bits per heavy atom. The summed E-state index contributed by atoms with van der Waals surface area (Å²) in [6, 6.07) is 4.02. The van der Waals surface area contributed by atoms with Gasteiger partial charge in [0.05, 0.1) is 0 Å². The highest BCUT2D eigenvalue weighted by molar-refractivity contribution is 5.28. The van der Waals surface area contributed by atoms with E-state index in [0.717, 1.165) is 12.1 Å². The molecule has 0 fully saturated rings. The van der Waals surface area contributed by atoms with Gasteiger partial charge in [0.25, 0.3) is 0 Å². The van der Waals surface area contributed by atoms with Crippen LogP contribution >= 0.6 is 0 Å². The van der Waals surface area contributed by atoms with E-state index in [-0.39, 0.29) is 6.04 Å². The number of hydrogen-bond acceptors (Lipinski definition) is 1. The second-order valence-corrected chi connectivity index (χ2v) is 3.70. The maximum Gasteiger partial charge on any atom is 0.458 e. The fourth-order valence-corrected chi connectivity index (χ4v) is 1.31. The van der Waals surface area contributed by atoms with Gasteiger partial charge in [0.2, 0.25) is 0 Å². The Hall–Kier alpha value is -1.17. The van der Waals surface area contributed by atoms with Crippen LogP contribution in [0.3, 0.4) is 0 Å². The predicted octanol–water partition coefficient (Wildman–Crippen LogP) is 3.62. The zero-order valence-corrected chi connectivity index (χ0v) is 9.28. The molecule has 0 aliphatic rings. The minimum absolute atomic E-state index is 0.108. The first-order valence-electron chi connectivity index (χ1n) is 4.92. The first kappa shape index (κ1) is 13.9. The molecule has 0 saturated carbocycles. The number of benzene rings is 1. The number of hydrogen-bond donors (Lipinski definition) is 1. The first-order valence-corrected chi connectivity index (χ1v) is 4.92. The summed E-state index contributed by atoms with van der Waals surface area (Å²) in [5.74, 6) is -4.81. The summed E-state index contributed by atoms with van der Waals surface area (Å²) >= 11 is 0. The van der Waals surface area contributed by atoms with E-state index >= 15 is 0 Å². The molecule has 1 aromatic rings. The Morgan fingerprint density at radius 2 is 1.47 bits per heavy atom. The average Bonchev–Trinajstić information content (AvgIpc) is 2.26. The monoisotopic (exact) mass is 253 g/mol. The highest BCUT2D eigenvalue weighted by Gasteiger charge is 2.58. The number of nitrogens with one attached hydrogen (secondary N) is 1. The summed E-state index contributed by atoms with van der Waals surface area (Å²) in [6.07, 6.45) is -5.57. The molecule has 0 heterocycles. The van der Waals surface area contributed by atoms with Crippen molar-refractivity contribution in [3.63, 3.8) is 0 Å². The van der Waals surface area contributed by atoms with Gasteiger partial charge in [-0.05, 0) is 19.5 Å². The van der Waals surface area contributed by atoms with E-state index in [2.05, 4.69) is 5.32 Å².